The van der Waals surface area contributed by atoms with Crippen molar-refractivity contribution in [3.05, 3.63) is 120 Å². The van der Waals surface area contributed by atoms with Crippen LogP contribution in [0.5, 0.6) is 0 Å². The predicted octanol–water partition coefficient (Wildman–Crippen LogP) is 7.62. The molecule has 0 aliphatic heterocycles. The Morgan fingerprint density at radius 2 is 1.29 bits per heavy atom. The van der Waals surface area contributed by atoms with Crippen LogP contribution in [-0.4, -0.2) is 11.0 Å². The number of hydrogen-bond donors (Lipinski definition) is 3. The molecule has 0 aliphatic carbocycles. The maximum Gasteiger partial charge on any atom is 0.242 e. The quantitative estimate of drug-likeness (QED) is 0.179. The molecule has 4 aromatic carbocycles. The standard InChI is InChI=1S/C27H22ClN3OS2/c28-20-14-16-22(17-15-20)29-26(32)25(19-8-3-1-4-9-19)34-24-13-7-12-23(18-24)31-27(33)30-21-10-5-2-6-11-21/h1-18,25H,(H,29,32)(H2,30,31,33). The van der Waals surface area contributed by atoms with Gasteiger partial charge in [0.15, 0.2) is 5.11 Å². The van der Waals surface area contributed by atoms with Crippen molar-refractivity contribution < 1.29 is 4.79 Å². The highest BCUT2D eigenvalue weighted by Gasteiger charge is 2.22. The van der Waals surface area contributed by atoms with Crippen molar-refractivity contribution >= 4 is 63.7 Å². The Morgan fingerprint density at radius 3 is 2.00 bits per heavy atom. The van der Waals surface area contributed by atoms with Crippen LogP contribution in [0.2, 0.25) is 5.02 Å². The summed E-state index contributed by atoms with van der Waals surface area (Å²) in [6, 6.07) is 34.4. The van der Waals surface area contributed by atoms with Crippen LogP contribution in [0, 0.1) is 0 Å². The molecule has 1 unspecified atom stereocenters. The van der Waals surface area contributed by atoms with Crippen molar-refractivity contribution in [1.29, 1.82) is 0 Å². The Kier molecular flexibility index (Phi) is 8.20. The lowest BCUT2D eigenvalue weighted by molar-refractivity contribution is -0.115. The van der Waals surface area contributed by atoms with Crippen LogP contribution in [0.1, 0.15) is 10.8 Å². The van der Waals surface area contributed by atoms with E-state index in [2.05, 4.69) is 16.0 Å². The predicted molar refractivity (Wildman–Crippen MR) is 148 cm³/mol. The zero-order valence-electron chi connectivity index (χ0n) is 18.1. The number of thiocarbonyl (C=S) groups is 1. The summed E-state index contributed by atoms with van der Waals surface area (Å²) in [4.78, 5) is 14.2. The molecule has 3 N–H and O–H groups in total. The highest BCUT2D eigenvalue weighted by Crippen LogP contribution is 2.37. The van der Waals surface area contributed by atoms with Gasteiger partial charge in [0.1, 0.15) is 5.25 Å². The van der Waals surface area contributed by atoms with Crippen molar-refractivity contribution in [3.63, 3.8) is 0 Å². The maximum atomic E-state index is 13.3. The molecule has 0 bridgehead atoms. The number of hydrogen-bond acceptors (Lipinski definition) is 3. The van der Waals surface area contributed by atoms with Crippen molar-refractivity contribution in [2.75, 3.05) is 16.0 Å². The molecule has 0 heterocycles. The minimum atomic E-state index is -0.443. The number of thioether (sulfide) groups is 1. The number of rotatable bonds is 7. The van der Waals surface area contributed by atoms with Gasteiger partial charge in [-0.15, -0.1) is 11.8 Å². The summed E-state index contributed by atoms with van der Waals surface area (Å²) in [5.41, 5.74) is 3.36. The van der Waals surface area contributed by atoms with Gasteiger partial charge in [-0.05, 0) is 72.4 Å². The van der Waals surface area contributed by atoms with E-state index in [9.17, 15) is 4.79 Å². The van der Waals surface area contributed by atoms with Crippen LogP contribution in [0.4, 0.5) is 17.1 Å². The van der Waals surface area contributed by atoms with E-state index in [-0.39, 0.29) is 5.91 Å². The first-order chi connectivity index (χ1) is 16.6. The fraction of sp³-hybridized carbons (Fsp3) is 0.0370. The van der Waals surface area contributed by atoms with Crippen LogP contribution in [0.3, 0.4) is 0 Å². The summed E-state index contributed by atoms with van der Waals surface area (Å²) < 4.78 is 0. The van der Waals surface area contributed by atoms with E-state index in [4.69, 9.17) is 23.8 Å². The molecule has 7 heteroatoms. The van der Waals surface area contributed by atoms with Crippen LogP contribution in [-0.2, 0) is 4.79 Å². The monoisotopic (exact) mass is 503 g/mol. The van der Waals surface area contributed by atoms with E-state index < -0.39 is 5.25 Å². The number of carbonyl (C=O) groups excluding carboxylic acids is 1. The van der Waals surface area contributed by atoms with E-state index in [0.717, 1.165) is 21.8 Å². The molecule has 34 heavy (non-hydrogen) atoms. The topological polar surface area (TPSA) is 53.2 Å². The molecular weight excluding hydrogens is 482 g/mol. The number of carbonyl (C=O) groups is 1. The van der Waals surface area contributed by atoms with E-state index >= 15 is 0 Å². The molecule has 170 valence electrons. The smallest absolute Gasteiger partial charge is 0.242 e. The molecule has 0 saturated carbocycles. The Labute approximate surface area is 213 Å². The molecule has 4 nitrogen and oxygen atoms in total. The van der Waals surface area contributed by atoms with Gasteiger partial charge in [-0.3, -0.25) is 4.79 Å². The average molecular weight is 504 g/mol. The van der Waals surface area contributed by atoms with E-state index in [1.54, 1.807) is 24.3 Å². The number of para-hydroxylation sites is 1. The molecule has 0 aromatic heterocycles. The van der Waals surface area contributed by atoms with E-state index in [1.165, 1.54) is 11.8 Å². The second kappa shape index (κ2) is 11.7. The molecular formula is C27H22ClN3OS2. The van der Waals surface area contributed by atoms with Crippen molar-refractivity contribution in [2.24, 2.45) is 0 Å². The van der Waals surface area contributed by atoms with Crippen LogP contribution in [0.25, 0.3) is 0 Å². The average Bonchev–Trinajstić information content (AvgIpc) is 2.85. The Balaban J connectivity index is 1.49. The first-order valence-corrected chi connectivity index (χ1v) is 12.2. The maximum absolute atomic E-state index is 13.3. The third kappa shape index (κ3) is 6.84. The van der Waals surface area contributed by atoms with Gasteiger partial charge < -0.3 is 16.0 Å². The Morgan fingerprint density at radius 1 is 0.706 bits per heavy atom. The summed E-state index contributed by atoms with van der Waals surface area (Å²) in [5, 5.41) is 10.0. The zero-order valence-corrected chi connectivity index (χ0v) is 20.5. The van der Waals surface area contributed by atoms with Crippen LogP contribution < -0.4 is 16.0 Å². The zero-order chi connectivity index (χ0) is 23.8. The first-order valence-electron chi connectivity index (χ1n) is 10.6. The van der Waals surface area contributed by atoms with Gasteiger partial charge in [-0.1, -0.05) is 66.2 Å². The SMILES string of the molecule is O=C(Nc1ccc(Cl)cc1)C(Sc1cccc(NC(=S)Nc2ccccc2)c1)c1ccccc1. The fourth-order valence-electron chi connectivity index (χ4n) is 3.24. The molecule has 0 radical (unpaired) electrons. The van der Waals surface area contributed by atoms with Crippen LogP contribution >= 0.6 is 35.6 Å². The number of halogens is 1. The first kappa shape index (κ1) is 23.8. The fourth-order valence-corrected chi connectivity index (χ4v) is 4.69. The Bertz CT molecular complexity index is 1250. The lowest BCUT2D eigenvalue weighted by Crippen LogP contribution is -2.19. The number of anilines is 3. The molecule has 0 saturated heterocycles. The second-order valence-corrected chi connectivity index (χ2v) is 9.40. The lowest BCUT2D eigenvalue weighted by atomic mass is 10.1. The highest BCUT2D eigenvalue weighted by atomic mass is 35.5. The van der Waals surface area contributed by atoms with Gasteiger partial charge in [0.05, 0.1) is 0 Å². The molecule has 4 rings (SSSR count). The molecule has 0 aliphatic rings. The summed E-state index contributed by atoms with van der Waals surface area (Å²) in [5.74, 6) is -0.113. The van der Waals surface area contributed by atoms with Gasteiger partial charge in [-0.25, -0.2) is 0 Å². The lowest BCUT2D eigenvalue weighted by Gasteiger charge is -2.18. The van der Waals surface area contributed by atoms with E-state index in [0.29, 0.717) is 15.8 Å². The van der Waals surface area contributed by atoms with Crippen LogP contribution in [0.15, 0.2) is 114 Å². The molecule has 0 spiro atoms. The summed E-state index contributed by atoms with van der Waals surface area (Å²) in [6.07, 6.45) is 0. The van der Waals surface area contributed by atoms with Gasteiger partial charge >= 0.3 is 0 Å². The minimum absolute atomic E-state index is 0.113. The Hall–Kier alpha value is -3.32. The molecule has 1 atom stereocenters. The minimum Gasteiger partial charge on any atom is -0.332 e. The van der Waals surface area contributed by atoms with Gasteiger partial charge in [-0.2, -0.15) is 0 Å². The number of amides is 1. The van der Waals surface area contributed by atoms with Gasteiger partial charge in [0.25, 0.3) is 0 Å². The molecule has 4 aromatic rings. The van der Waals surface area contributed by atoms with E-state index in [1.807, 2.05) is 84.9 Å². The van der Waals surface area contributed by atoms with Gasteiger partial charge in [0, 0.05) is 27.0 Å². The normalized spacial score (nSPS) is 11.3. The number of benzene rings is 4. The third-order valence-electron chi connectivity index (χ3n) is 4.83. The van der Waals surface area contributed by atoms with Crippen molar-refractivity contribution in [2.45, 2.75) is 10.1 Å². The van der Waals surface area contributed by atoms with Crippen molar-refractivity contribution in [1.82, 2.24) is 0 Å². The highest BCUT2D eigenvalue weighted by molar-refractivity contribution is 8.00. The molecule has 1 amide bonds. The third-order valence-corrected chi connectivity index (χ3v) is 6.53. The molecule has 0 fully saturated rings. The summed E-state index contributed by atoms with van der Waals surface area (Å²) in [6.45, 7) is 0. The second-order valence-electron chi connectivity index (χ2n) is 7.38. The number of nitrogens with one attached hydrogen (secondary N) is 3. The summed E-state index contributed by atoms with van der Waals surface area (Å²) in [7, 11) is 0. The van der Waals surface area contributed by atoms with Gasteiger partial charge in [0.2, 0.25) is 5.91 Å². The largest absolute Gasteiger partial charge is 0.332 e. The summed E-state index contributed by atoms with van der Waals surface area (Å²) >= 11 is 12.9. The van der Waals surface area contributed by atoms with Crippen molar-refractivity contribution in [3.8, 4) is 0 Å².